The molecule has 1 aromatic carbocycles. The monoisotopic (exact) mass is 266 g/mol. The first-order valence-corrected chi connectivity index (χ1v) is 7.72. The predicted molar refractivity (Wildman–Crippen MR) is 69.2 cm³/mol. The number of para-hydroxylation sites is 2. The van der Waals surface area contributed by atoms with Crippen LogP contribution in [-0.2, 0) is 9.84 Å². The van der Waals surface area contributed by atoms with Crippen LogP contribution >= 0.6 is 0 Å². The quantitative estimate of drug-likeness (QED) is 0.848. The minimum absolute atomic E-state index is 0.170. The molecule has 96 valence electrons. The van der Waals surface area contributed by atoms with Gasteiger partial charge in [-0.1, -0.05) is 12.1 Å². The van der Waals surface area contributed by atoms with Crippen molar-refractivity contribution in [1.82, 2.24) is 9.55 Å². The molecule has 2 heterocycles. The number of rotatable bonds is 1. The fourth-order valence-electron chi connectivity index (χ4n) is 2.59. The van der Waals surface area contributed by atoms with Crippen molar-refractivity contribution in [3.05, 3.63) is 34.7 Å². The van der Waals surface area contributed by atoms with Crippen LogP contribution in [0.5, 0.6) is 0 Å². The molecular weight excluding hydrogens is 252 g/mol. The summed E-state index contributed by atoms with van der Waals surface area (Å²) < 4.78 is 25.6. The Kier molecular flexibility index (Phi) is 2.55. The van der Waals surface area contributed by atoms with Gasteiger partial charge in [-0.25, -0.2) is 13.2 Å². The molecule has 1 aliphatic heterocycles. The van der Waals surface area contributed by atoms with E-state index in [1.54, 1.807) is 12.1 Å². The Balaban J connectivity index is 2.25. The number of imidazole rings is 1. The summed E-state index contributed by atoms with van der Waals surface area (Å²) in [6.07, 6.45) is 2.05. The molecule has 1 unspecified atom stereocenters. The van der Waals surface area contributed by atoms with Crippen LogP contribution in [0.4, 0.5) is 0 Å². The zero-order valence-corrected chi connectivity index (χ0v) is 10.6. The van der Waals surface area contributed by atoms with Crippen molar-refractivity contribution in [2.75, 3.05) is 5.75 Å². The van der Waals surface area contributed by atoms with Crippen molar-refractivity contribution < 1.29 is 8.42 Å². The van der Waals surface area contributed by atoms with Gasteiger partial charge in [0.05, 0.1) is 16.8 Å². The minimum Gasteiger partial charge on any atom is -0.306 e. The molecule has 0 bridgehead atoms. The number of nitrogens with zero attached hydrogens (tertiary/aromatic N) is 1. The van der Waals surface area contributed by atoms with E-state index in [0.29, 0.717) is 23.9 Å². The molecule has 0 amide bonds. The van der Waals surface area contributed by atoms with E-state index in [4.69, 9.17) is 0 Å². The van der Waals surface area contributed by atoms with Crippen LogP contribution in [0.25, 0.3) is 11.0 Å². The van der Waals surface area contributed by atoms with Gasteiger partial charge < -0.3 is 4.98 Å². The second-order valence-corrected chi connectivity index (χ2v) is 6.91. The van der Waals surface area contributed by atoms with Crippen LogP contribution < -0.4 is 5.69 Å². The van der Waals surface area contributed by atoms with E-state index in [-0.39, 0.29) is 11.4 Å². The van der Waals surface area contributed by atoms with Gasteiger partial charge in [0.1, 0.15) is 5.37 Å². The largest absolute Gasteiger partial charge is 0.327 e. The summed E-state index contributed by atoms with van der Waals surface area (Å²) in [5.74, 6) is 0.170. The Labute approximate surface area is 104 Å². The average molecular weight is 266 g/mol. The molecule has 1 aliphatic rings. The molecule has 1 N–H and O–H groups in total. The van der Waals surface area contributed by atoms with Crippen molar-refractivity contribution in [2.24, 2.45) is 0 Å². The van der Waals surface area contributed by atoms with Crippen LogP contribution in [0.3, 0.4) is 0 Å². The zero-order valence-electron chi connectivity index (χ0n) is 9.80. The van der Waals surface area contributed by atoms with Gasteiger partial charge in [0.15, 0.2) is 9.84 Å². The third-order valence-electron chi connectivity index (χ3n) is 3.46. The molecule has 2 aromatic rings. The molecule has 0 saturated carbocycles. The van der Waals surface area contributed by atoms with Crippen LogP contribution in [0, 0.1) is 0 Å². The van der Waals surface area contributed by atoms with Gasteiger partial charge in [-0.3, -0.25) is 4.57 Å². The number of hydrogen-bond donors (Lipinski definition) is 1. The second-order valence-electron chi connectivity index (χ2n) is 4.63. The lowest BCUT2D eigenvalue weighted by Gasteiger charge is -2.23. The number of aromatic nitrogens is 2. The van der Waals surface area contributed by atoms with Gasteiger partial charge in [-0.2, -0.15) is 0 Å². The molecule has 1 aromatic heterocycles. The fourth-order valence-corrected chi connectivity index (χ4v) is 4.52. The summed E-state index contributed by atoms with van der Waals surface area (Å²) in [7, 11) is -3.22. The molecule has 1 saturated heterocycles. The highest BCUT2D eigenvalue weighted by molar-refractivity contribution is 7.91. The Morgan fingerprint density at radius 1 is 1.22 bits per heavy atom. The van der Waals surface area contributed by atoms with E-state index < -0.39 is 15.2 Å². The standard InChI is InChI=1S/C12H14N2O3S/c15-12-13-9-5-1-2-6-10(9)14(12)11-7-3-4-8-18(11,16)17/h1-2,5-6,11H,3-4,7-8H2,(H,13,15). The topological polar surface area (TPSA) is 71.9 Å². The lowest BCUT2D eigenvalue weighted by atomic mass is 10.2. The van der Waals surface area contributed by atoms with Crippen LogP contribution in [0.1, 0.15) is 24.6 Å². The first-order chi connectivity index (χ1) is 8.59. The summed E-state index contributed by atoms with van der Waals surface area (Å²) >= 11 is 0. The van der Waals surface area contributed by atoms with E-state index in [2.05, 4.69) is 4.98 Å². The number of sulfone groups is 1. The van der Waals surface area contributed by atoms with Crippen molar-refractivity contribution >= 4 is 20.9 Å². The van der Waals surface area contributed by atoms with E-state index in [1.165, 1.54) is 4.57 Å². The third kappa shape index (κ3) is 1.68. The molecule has 5 nitrogen and oxygen atoms in total. The summed E-state index contributed by atoms with van der Waals surface area (Å²) in [5.41, 5.74) is 1.01. The Bertz CT molecular complexity index is 742. The number of aromatic amines is 1. The molecular formula is C12H14N2O3S. The molecule has 1 fully saturated rings. The number of nitrogens with one attached hydrogen (secondary N) is 1. The zero-order chi connectivity index (χ0) is 12.8. The maximum atomic E-state index is 12.1. The summed E-state index contributed by atoms with van der Waals surface area (Å²) in [5, 5.41) is -0.713. The van der Waals surface area contributed by atoms with Gasteiger partial charge in [0.25, 0.3) is 0 Å². The van der Waals surface area contributed by atoms with Crippen molar-refractivity contribution in [1.29, 1.82) is 0 Å². The molecule has 0 radical (unpaired) electrons. The van der Waals surface area contributed by atoms with E-state index in [1.807, 2.05) is 12.1 Å². The maximum absolute atomic E-state index is 12.1. The van der Waals surface area contributed by atoms with Gasteiger partial charge in [-0.15, -0.1) is 0 Å². The lowest BCUT2D eigenvalue weighted by Crippen LogP contribution is -2.32. The maximum Gasteiger partial charge on any atom is 0.327 e. The van der Waals surface area contributed by atoms with Crippen molar-refractivity contribution in [3.63, 3.8) is 0 Å². The Morgan fingerprint density at radius 2 is 2.00 bits per heavy atom. The average Bonchev–Trinajstić information content (AvgIpc) is 2.65. The number of benzene rings is 1. The van der Waals surface area contributed by atoms with Gasteiger partial charge in [0.2, 0.25) is 0 Å². The van der Waals surface area contributed by atoms with E-state index in [0.717, 1.165) is 6.42 Å². The molecule has 6 heteroatoms. The Morgan fingerprint density at radius 3 is 2.78 bits per heavy atom. The molecule has 18 heavy (non-hydrogen) atoms. The molecule has 0 spiro atoms. The van der Waals surface area contributed by atoms with Crippen LogP contribution in [0.15, 0.2) is 29.1 Å². The molecule has 1 atom stereocenters. The fraction of sp³-hybridized carbons (Fsp3) is 0.417. The highest BCUT2D eigenvalue weighted by Crippen LogP contribution is 2.29. The van der Waals surface area contributed by atoms with E-state index >= 15 is 0 Å². The first kappa shape index (κ1) is 11.5. The van der Waals surface area contributed by atoms with Gasteiger partial charge in [0, 0.05) is 0 Å². The third-order valence-corrected chi connectivity index (χ3v) is 5.59. The highest BCUT2D eigenvalue weighted by atomic mass is 32.2. The lowest BCUT2D eigenvalue weighted by molar-refractivity contribution is 0.490. The summed E-state index contributed by atoms with van der Waals surface area (Å²) in [6.45, 7) is 0. The summed E-state index contributed by atoms with van der Waals surface area (Å²) in [4.78, 5) is 14.7. The SMILES string of the molecule is O=c1[nH]c2ccccc2n1C1CCCCS1(=O)=O. The molecule has 0 aliphatic carbocycles. The minimum atomic E-state index is -3.22. The van der Waals surface area contributed by atoms with Gasteiger partial charge >= 0.3 is 5.69 Å². The number of H-pyrrole nitrogens is 1. The smallest absolute Gasteiger partial charge is 0.306 e. The van der Waals surface area contributed by atoms with Gasteiger partial charge in [-0.05, 0) is 31.4 Å². The first-order valence-electron chi connectivity index (χ1n) is 6.00. The van der Waals surface area contributed by atoms with Crippen LogP contribution in [-0.4, -0.2) is 23.7 Å². The van der Waals surface area contributed by atoms with E-state index in [9.17, 15) is 13.2 Å². The van der Waals surface area contributed by atoms with Crippen molar-refractivity contribution in [2.45, 2.75) is 24.6 Å². The number of hydrogen-bond acceptors (Lipinski definition) is 3. The van der Waals surface area contributed by atoms with Crippen LogP contribution in [0.2, 0.25) is 0 Å². The Hall–Kier alpha value is -1.56. The highest BCUT2D eigenvalue weighted by Gasteiger charge is 2.32. The second kappa shape index (κ2) is 3.98. The predicted octanol–water partition coefficient (Wildman–Crippen LogP) is 1.43. The number of fused-ring (bicyclic) bond motifs is 1. The normalized spacial score (nSPS) is 23.2. The van der Waals surface area contributed by atoms with Crippen molar-refractivity contribution in [3.8, 4) is 0 Å². The summed E-state index contributed by atoms with van der Waals surface area (Å²) in [6, 6.07) is 7.18. The molecule has 3 rings (SSSR count).